The van der Waals surface area contributed by atoms with E-state index in [0.29, 0.717) is 12.6 Å². The molecule has 110 valence electrons. The zero-order chi connectivity index (χ0) is 14.4. The number of rotatable bonds is 5. The predicted octanol–water partition coefficient (Wildman–Crippen LogP) is 2.17. The quantitative estimate of drug-likeness (QED) is 0.866. The van der Waals surface area contributed by atoms with Gasteiger partial charge in [0.2, 0.25) is 5.91 Å². The Morgan fingerprint density at radius 1 is 1.35 bits per heavy atom. The van der Waals surface area contributed by atoms with E-state index in [-0.39, 0.29) is 12.5 Å². The van der Waals surface area contributed by atoms with Gasteiger partial charge in [0.25, 0.3) is 0 Å². The first-order chi connectivity index (χ1) is 9.69. The van der Waals surface area contributed by atoms with Crippen LogP contribution in [0.4, 0.5) is 5.69 Å². The highest BCUT2D eigenvalue weighted by Gasteiger charge is 2.23. The molecule has 1 heterocycles. The summed E-state index contributed by atoms with van der Waals surface area (Å²) in [5, 5.41) is 12.0. The Labute approximate surface area is 120 Å². The highest BCUT2D eigenvalue weighted by Crippen LogP contribution is 2.19. The second kappa shape index (κ2) is 7.41. The number of aliphatic hydroxyl groups excluding tert-OH is 1. The summed E-state index contributed by atoms with van der Waals surface area (Å²) < 4.78 is 0. The van der Waals surface area contributed by atoms with Crippen LogP contribution in [0.15, 0.2) is 24.3 Å². The third kappa shape index (κ3) is 4.32. The third-order valence-electron chi connectivity index (χ3n) is 3.89. The molecule has 1 fully saturated rings. The zero-order valence-electron chi connectivity index (χ0n) is 12.1. The van der Waals surface area contributed by atoms with Gasteiger partial charge < -0.3 is 10.4 Å². The Kier molecular flexibility index (Phi) is 5.56. The molecule has 0 aromatic heterocycles. The van der Waals surface area contributed by atoms with Crippen molar-refractivity contribution in [1.29, 1.82) is 0 Å². The van der Waals surface area contributed by atoms with Gasteiger partial charge in [0.1, 0.15) is 0 Å². The van der Waals surface area contributed by atoms with Gasteiger partial charge in [0.05, 0.1) is 6.54 Å². The monoisotopic (exact) mass is 276 g/mol. The summed E-state index contributed by atoms with van der Waals surface area (Å²) in [5.74, 6) is 0.0266. The second-order valence-corrected chi connectivity index (χ2v) is 5.55. The summed E-state index contributed by atoms with van der Waals surface area (Å²) in [6.45, 7) is 3.59. The molecule has 4 heteroatoms. The Hall–Kier alpha value is -1.39. The number of likely N-dealkylation sites (tertiary alicyclic amines) is 1. The average molecular weight is 276 g/mol. The van der Waals surface area contributed by atoms with Crippen LogP contribution in [0.5, 0.6) is 0 Å². The maximum absolute atomic E-state index is 12.1. The predicted molar refractivity (Wildman–Crippen MR) is 80.7 cm³/mol. The van der Waals surface area contributed by atoms with Crippen molar-refractivity contribution in [3.05, 3.63) is 29.8 Å². The second-order valence-electron chi connectivity index (χ2n) is 5.55. The summed E-state index contributed by atoms with van der Waals surface area (Å²) in [7, 11) is 0. The first-order valence-corrected chi connectivity index (χ1v) is 7.40. The summed E-state index contributed by atoms with van der Waals surface area (Å²) in [5.41, 5.74) is 2.03. The van der Waals surface area contributed by atoms with Crippen LogP contribution >= 0.6 is 0 Å². The average Bonchev–Trinajstić information content (AvgIpc) is 2.44. The molecule has 0 radical (unpaired) electrons. The fourth-order valence-electron chi connectivity index (χ4n) is 2.77. The molecule has 1 atom stereocenters. The third-order valence-corrected chi connectivity index (χ3v) is 3.89. The lowest BCUT2D eigenvalue weighted by molar-refractivity contribution is -0.118. The van der Waals surface area contributed by atoms with Crippen LogP contribution in [0.2, 0.25) is 0 Å². The molecular weight excluding hydrogens is 252 g/mol. The molecule has 0 saturated carbocycles. The number of hydrogen-bond donors (Lipinski definition) is 2. The molecule has 1 amide bonds. The van der Waals surface area contributed by atoms with E-state index in [9.17, 15) is 4.79 Å². The van der Waals surface area contributed by atoms with Gasteiger partial charge in [-0.1, -0.05) is 24.1 Å². The van der Waals surface area contributed by atoms with E-state index in [1.54, 1.807) is 0 Å². The summed E-state index contributed by atoms with van der Waals surface area (Å²) in [6, 6.07) is 8.18. The zero-order valence-corrected chi connectivity index (χ0v) is 12.1. The van der Waals surface area contributed by atoms with Gasteiger partial charge in [0, 0.05) is 18.3 Å². The lowest BCUT2D eigenvalue weighted by Gasteiger charge is -2.34. The fraction of sp³-hybridized carbons (Fsp3) is 0.562. The highest BCUT2D eigenvalue weighted by atomic mass is 16.3. The molecule has 1 aliphatic rings. The van der Waals surface area contributed by atoms with E-state index in [2.05, 4.69) is 10.2 Å². The molecule has 2 rings (SSSR count). The van der Waals surface area contributed by atoms with Crippen LogP contribution in [0, 0.1) is 6.92 Å². The molecule has 2 N–H and O–H groups in total. The van der Waals surface area contributed by atoms with Gasteiger partial charge in [-0.05, 0) is 44.9 Å². The van der Waals surface area contributed by atoms with Crippen molar-refractivity contribution in [3.8, 4) is 0 Å². The highest BCUT2D eigenvalue weighted by molar-refractivity contribution is 5.92. The molecule has 20 heavy (non-hydrogen) atoms. The van der Waals surface area contributed by atoms with E-state index in [1.807, 2.05) is 31.2 Å². The minimum Gasteiger partial charge on any atom is -0.396 e. The van der Waals surface area contributed by atoms with E-state index in [0.717, 1.165) is 31.5 Å². The lowest BCUT2D eigenvalue weighted by Crippen LogP contribution is -2.44. The van der Waals surface area contributed by atoms with Crippen molar-refractivity contribution in [2.75, 3.05) is 25.0 Å². The van der Waals surface area contributed by atoms with Crippen molar-refractivity contribution in [3.63, 3.8) is 0 Å². The molecule has 4 nitrogen and oxygen atoms in total. The smallest absolute Gasteiger partial charge is 0.238 e. The summed E-state index contributed by atoms with van der Waals surface area (Å²) in [4.78, 5) is 14.3. The molecule has 1 saturated heterocycles. The van der Waals surface area contributed by atoms with Gasteiger partial charge in [-0.15, -0.1) is 0 Å². The first kappa shape index (κ1) is 15.0. The standard InChI is InChI=1S/C16H24N2O2/c1-13-5-7-14(8-6-13)17-16(20)12-18-10-3-2-4-15(18)9-11-19/h5-8,15,19H,2-4,9-12H2,1H3,(H,17,20). The number of anilines is 1. The first-order valence-electron chi connectivity index (χ1n) is 7.40. The van der Waals surface area contributed by atoms with Crippen LogP contribution < -0.4 is 5.32 Å². The number of benzene rings is 1. The Morgan fingerprint density at radius 3 is 2.80 bits per heavy atom. The minimum absolute atomic E-state index is 0.0266. The molecule has 0 aliphatic carbocycles. The van der Waals surface area contributed by atoms with Crippen LogP contribution in [-0.2, 0) is 4.79 Å². The number of carbonyl (C=O) groups excluding carboxylic acids is 1. The van der Waals surface area contributed by atoms with Crippen molar-refractivity contribution in [2.24, 2.45) is 0 Å². The van der Waals surface area contributed by atoms with E-state index in [1.165, 1.54) is 12.0 Å². The van der Waals surface area contributed by atoms with Crippen molar-refractivity contribution in [2.45, 2.75) is 38.6 Å². The van der Waals surface area contributed by atoms with E-state index < -0.39 is 0 Å². The Bertz CT molecular complexity index is 429. The molecule has 1 unspecified atom stereocenters. The number of aryl methyl sites for hydroxylation is 1. The Balaban J connectivity index is 1.87. The van der Waals surface area contributed by atoms with Crippen molar-refractivity contribution < 1.29 is 9.90 Å². The molecule has 1 aromatic carbocycles. The molecular formula is C16H24N2O2. The van der Waals surface area contributed by atoms with Crippen LogP contribution in [-0.4, -0.2) is 41.7 Å². The number of carbonyl (C=O) groups is 1. The fourth-order valence-corrected chi connectivity index (χ4v) is 2.77. The topological polar surface area (TPSA) is 52.6 Å². The van der Waals surface area contributed by atoms with Gasteiger partial charge in [-0.25, -0.2) is 0 Å². The maximum atomic E-state index is 12.1. The summed E-state index contributed by atoms with van der Waals surface area (Å²) in [6.07, 6.45) is 4.18. The lowest BCUT2D eigenvalue weighted by atomic mass is 10.00. The SMILES string of the molecule is Cc1ccc(NC(=O)CN2CCCCC2CCO)cc1. The summed E-state index contributed by atoms with van der Waals surface area (Å²) >= 11 is 0. The molecule has 0 spiro atoms. The van der Waals surface area contributed by atoms with Gasteiger partial charge >= 0.3 is 0 Å². The van der Waals surface area contributed by atoms with E-state index >= 15 is 0 Å². The van der Waals surface area contributed by atoms with Gasteiger partial charge in [-0.2, -0.15) is 0 Å². The van der Waals surface area contributed by atoms with Crippen LogP contribution in [0.25, 0.3) is 0 Å². The number of nitrogens with zero attached hydrogens (tertiary/aromatic N) is 1. The van der Waals surface area contributed by atoms with Crippen LogP contribution in [0.1, 0.15) is 31.2 Å². The van der Waals surface area contributed by atoms with Gasteiger partial charge in [0.15, 0.2) is 0 Å². The van der Waals surface area contributed by atoms with Crippen molar-refractivity contribution in [1.82, 2.24) is 4.90 Å². The Morgan fingerprint density at radius 2 is 2.10 bits per heavy atom. The van der Waals surface area contributed by atoms with Crippen molar-refractivity contribution >= 4 is 11.6 Å². The number of amides is 1. The molecule has 1 aliphatic heterocycles. The maximum Gasteiger partial charge on any atom is 0.238 e. The van der Waals surface area contributed by atoms with Crippen LogP contribution in [0.3, 0.4) is 0 Å². The largest absolute Gasteiger partial charge is 0.396 e. The molecule has 1 aromatic rings. The number of nitrogens with one attached hydrogen (secondary N) is 1. The van der Waals surface area contributed by atoms with Gasteiger partial charge in [-0.3, -0.25) is 9.69 Å². The molecule has 0 bridgehead atoms. The number of piperidine rings is 1. The normalized spacial score (nSPS) is 19.8. The number of hydrogen-bond acceptors (Lipinski definition) is 3. The number of aliphatic hydroxyl groups is 1. The van der Waals surface area contributed by atoms with E-state index in [4.69, 9.17) is 5.11 Å². The minimum atomic E-state index is 0.0266.